The Morgan fingerprint density at radius 2 is 2.35 bits per heavy atom. The van der Waals surface area contributed by atoms with Gasteiger partial charge in [-0.15, -0.1) is 0 Å². The molecule has 0 spiro atoms. The molecular formula is C13H15FN2O4. The van der Waals surface area contributed by atoms with Gasteiger partial charge in [-0.3, -0.25) is 14.9 Å². The number of carbonyl (C=O) groups is 1. The highest BCUT2D eigenvalue weighted by atomic mass is 19.1. The van der Waals surface area contributed by atoms with E-state index in [4.69, 9.17) is 4.74 Å². The quantitative estimate of drug-likeness (QED) is 0.660. The lowest BCUT2D eigenvalue weighted by Crippen LogP contribution is -2.26. The molecule has 0 saturated carbocycles. The number of nitro groups is 1. The van der Waals surface area contributed by atoms with Gasteiger partial charge in [0.05, 0.1) is 4.92 Å². The first-order chi connectivity index (χ1) is 9.58. The standard InChI is InChI=1S/C13H15FN2O4/c14-11-7-10(1-2-12(11)16(18)19)13(17)15-5-3-9-4-6-20-8-9/h1-2,7,9H,3-6,8H2,(H,15,17). The molecule has 0 bridgehead atoms. The monoisotopic (exact) mass is 282 g/mol. The van der Waals surface area contributed by atoms with Crippen molar-refractivity contribution in [2.24, 2.45) is 5.92 Å². The van der Waals surface area contributed by atoms with E-state index in [1.54, 1.807) is 0 Å². The Kier molecular flexibility index (Phi) is 4.62. The van der Waals surface area contributed by atoms with Crippen LogP contribution < -0.4 is 5.32 Å². The lowest BCUT2D eigenvalue weighted by molar-refractivity contribution is -0.387. The molecule has 108 valence electrons. The van der Waals surface area contributed by atoms with Crippen LogP contribution in [0.1, 0.15) is 23.2 Å². The molecule has 1 fully saturated rings. The van der Waals surface area contributed by atoms with Crippen molar-refractivity contribution in [2.75, 3.05) is 19.8 Å². The fraction of sp³-hybridized carbons (Fsp3) is 0.462. The van der Waals surface area contributed by atoms with Gasteiger partial charge in [0.2, 0.25) is 5.82 Å². The summed E-state index contributed by atoms with van der Waals surface area (Å²) in [7, 11) is 0. The molecule has 7 heteroatoms. The summed E-state index contributed by atoms with van der Waals surface area (Å²) in [6.07, 6.45) is 1.79. The molecule has 0 radical (unpaired) electrons. The number of halogens is 1. The molecule has 1 aromatic rings. The Balaban J connectivity index is 1.88. The Hall–Kier alpha value is -2.02. The second-order valence-electron chi connectivity index (χ2n) is 4.70. The van der Waals surface area contributed by atoms with Gasteiger partial charge in [-0.2, -0.15) is 4.39 Å². The zero-order chi connectivity index (χ0) is 14.5. The van der Waals surface area contributed by atoms with E-state index in [9.17, 15) is 19.3 Å². The average Bonchev–Trinajstić information content (AvgIpc) is 2.91. The van der Waals surface area contributed by atoms with Gasteiger partial charge >= 0.3 is 5.69 Å². The minimum absolute atomic E-state index is 0.0794. The number of ether oxygens (including phenoxy) is 1. The SMILES string of the molecule is O=C(NCCC1CCOC1)c1ccc([N+](=O)[O-])c(F)c1. The van der Waals surface area contributed by atoms with Crippen molar-refractivity contribution in [3.8, 4) is 0 Å². The lowest BCUT2D eigenvalue weighted by atomic mass is 10.1. The van der Waals surface area contributed by atoms with Crippen LogP contribution in [0.15, 0.2) is 18.2 Å². The summed E-state index contributed by atoms with van der Waals surface area (Å²) in [5.74, 6) is -0.992. The van der Waals surface area contributed by atoms with E-state index in [-0.39, 0.29) is 5.56 Å². The highest BCUT2D eigenvalue weighted by Gasteiger charge is 2.18. The van der Waals surface area contributed by atoms with Crippen LogP contribution >= 0.6 is 0 Å². The zero-order valence-corrected chi connectivity index (χ0v) is 10.8. The van der Waals surface area contributed by atoms with Crippen molar-refractivity contribution in [1.82, 2.24) is 5.32 Å². The van der Waals surface area contributed by atoms with Gasteiger partial charge in [-0.05, 0) is 30.9 Å². The van der Waals surface area contributed by atoms with E-state index in [1.165, 1.54) is 6.07 Å². The summed E-state index contributed by atoms with van der Waals surface area (Å²) < 4.78 is 18.6. The fourth-order valence-electron chi connectivity index (χ4n) is 2.10. The second kappa shape index (κ2) is 6.42. The Morgan fingerprint density at radius 1 is 1.55 bits per heavy atom. The predicted octanol–water partition coefficient (Wildman–Crippen LogP) is 1.89. The van der Waals surface area contributed by atoms with Crippen molar-refractivity contribution in [3.63, 3.8) is 0 Å². The van der Waals surface area contributed by atoms with Crippen molar-refractivity contribution in [2.45, 2.75) is 12.8 Å². The van der Waals surface area contributed by atoms with E-state index < -0.39 is 22.3 Å². The highest BCUT2D eigenvalue weighted by Crippen LogP contribution is 2.18. The van der Waals surface area contributed by atoms with E-state index in [1.807, 2.05) is 0 Å². The largest absolute Gasteiger partial charge is 0.381 e. The molecular weight excluding hydrogens is 267 g/mol. The van der Waals surface area contributed by atoms with Crippen LogP contribution in [0.5, 0.6) is 0 Å². The molecule has 1 aliphatic heterocycles. The third-order valence-corrected chi connectivity index (χ3v) is 3.27. The number of hydrogen-bond donors (Lipinski definition) is 1. The minimum atomic E-state index is -1.01. The molecule has 20 heavy (non-hydrogen) atoms. The topological polar surface area (TPSA) is 81.5 Å². The maximum Gasteiger partial charge on any atom is 0.304 e. The van der Waals surface area contributed by atoms with Gasteiger partial charge in [-0.1, -0.05) is 0 Å². The first kappa shape index (κ1) is 14.4. The average molecular weight is 282 g/mol. The first-order valence-corrected chi connectivity index (χ1v) is 6.38. The summed E-state index contributed by atoms with van der Waals surface area (Å²) in [5.41, 5.74) is -0.555. The molecule has 1 amide bonds. The first-order valence-electron chi connectivity index (χ1n) is 6.38. The predicted molar refractivity (Wildman–Crippen MR) is 68.9 cm³/mol. The van der Waals surface area contributed by atoms with Gasteiger partial charge in [0.15, 0.2) is 0 Å². The molecule has 1 aliphatic rings. The van der Waals surface area contributed by atoms with E-state index >= 15 is 0 Å². The van der Waals surface area contributed by atoms with Gasteiger partial charge in [0, 0.05) is 31.4 Å². The van der Waals surface area contributed by atoms with Crippen LogP contribution in [-0.2, 0) is 4.74 Å². The number of carbonyl (C=O) groups excluding carboxylic acids is 1. The summed E-state index contributed by atoms with van der Waals surface area (Å²) in [5, 5.41) is 13.1. The molecule has 1 N–H and O–H groups in total. The zero-order valence-electron chi connectivity index (χ0n) is 10.8. The summed E-state index contributed by atoms with van der Waals surface area (Å²) in [4.78, 5) is 21.4. The van der Waals surface area contributed by atoms with Crippen molar-refractivity contribution >= 4 is 11.6 Å². The number of nitro benzene ring substituents is 1. The summed E-state index contributed by atoms with van der Waals surface area (Å²) >= 11 is 0. The molecule has 0 aliphatic carbocycles. The van der Waals surface area contributed by atoms with E-state index in [2.05, 4.69) is 5.32 Å². The normalized spacial score (nSPS) is 17.9. The van der Waals surface area contributed by atoms with Crippen LogP contribution in [0.3, 0.4) is 0 Å². The van der Waals surface area contributed by atoms with Gasteiger partial charge in [-0.25, -0.2) is 0 Å². The summed E-state index contributed by atoms with van der Waals surface area (Å²) in [6.45, 7) is 1.94. The van der Waals surface area contributed by atoms with Crippen LogP contribution in [0, 0.1) is 21.8 Å². The van der Waals surface area contributed by atoms with Crippen molar-refractivity contribution < 1.29 is 18.8 Å². The third-order valence-electron chi connectivity index (χ3n) is 3.27. The molecule has 2 rings (SSSR count). The molecule has 0 aromatic heterocycles. The number of rotatable bonds is 5. The third kappa shape index (κ3) is 3.51. The molecule has 1 aromatic carbocycles. The maximum absolute atomic E-state index is 13.4. The summed E-state index contributed by atoms with van der Waals surface area (Å²) in [6, 6.07) is 3.12. The van der Waals surface area contributed by atoms with Crippen molar-refractivity contribution in [3.05, 3.63) is 39.7 Å². The Morgan fingerprint density at radius 3 is 2.95 bits per heavy atom. The van der Waals surface area contributed by atoms with Crippen LogP contribution in [-0.4, -0.2) is 30.6 Å². The smallest absolute Gasteiger partial charge is 0.304 e. The Labute approximate surface area is 115 Å². The van der Waals surface area contributed by atoms with Crippen LogP contribution in [0.4, 0.5) is 10.1 Å². The number of nitrogens with zero attached hydrogens (tertiary/aromatic N) is 1. The van der Waals surface area contributed by atoms with Crippen molar-refractivity contribution in [1.29, 1.82) is 0 Å². The number of amides is 1. The fourth-order valence-corrected chi connectivity index (χ4v) is 2.10. The molecule has 1 saturated heterocycles. The lowest BCUT2D eigenvalue weighted by Gasteiger charge is -2.08. The number of hydrogen-bond acceptors (Lipinski definition) is 4. The number of nitrogens with one attached hydrogen (secondary N) is 1. The molecule has 6 nitrogen and oxygen atoms in total. The molecule has 1 unspecified atom stereocenters. The Bertz CT molecular complexity index is 515. The van der Waals surface area contributed by atoms with Gasteiger partial charge < -0.3 is 10.1 Å². The highest BCUT2D eigenvalue weighted by molar-refractivity contribution is 5.94. The number of benzene rings is 1. The van der Waals surface area contributed by atoms with Gasteiger partial charge in [0.25, 0.3) is 5.91 Å². The van der Waals surface area contributed by atoms with Crippen LogP contribution in [0.2, 0.25) is 0 Å². The molecule has 1 atom stereocenters. The van der Waals surface area contributed by atoms with Gasteiger partial charge in [0.1, 0.15) is 0 Å². The van der Waals surface area contributed by atoms with E-state index in [0.29, 0.717) is 19.1 Å². The maximum atomic E-state index is 13.4. The second-order valence-corrected chi connectivity index (χ2v) is 4.70. The van der Waals surface area contributed by atoms with E-state index in [0.717, 1.165) is 31.6 Å². The molecule has 1 heterocycles. The minimum Gasteiger partial charge on any atom is -0.381 e. The van der Waals surface area contributed by atoms with Crippen LogP contribution in [0.25, 0.3) is 0 Å².